The van der Waals surface area contributed by atoms with E-state index in [1.54, 1.807) is 0 Å². The van der Waals surface area contributed by atoms with E-state index >= 15 is 0 Å². The summed E-state index contributed by atoms with van der Waals surface area (Å²) in [4.78, 5) is 35.2. The van der Waals surface area contributed by atoms with Crippen LogP contribution in [0.3, 0.4) is 0 Å². The van der Waals surface area contributed by atoms with Crippen molar-refractivity contribution in [3.05, 3.63) is 71.4 Å². The van der Waals surface area contributed by atoms with Gasteiger partial charge >= 0.3 is 12.1 Å². The molecule has 35 heavy (non-hydrogen) atoms. The van der Waals surface area contributed by atoms with Gasteiger partial charge in [0, 0.05) is 18.5 Å². The van der Waals surface area contributed by atoms with Crippen LogP contribution in [0.5, 0.6) is 0 Å². The van der Waals surface area contributed by atoms with Crippen LogP contribution in [-0.4, -0.2) is 47.3 Å². The molecule has 0 spiro atoms. The molecule has 2 aromatic carbocycles. The van der Waals surface area contributed by atoms with Crippen LogP contribution in [0.2, 0.25) is 0 Å². The molecule has 1 heterocycles. The van der Waals surface area contributed by atoms with Gasteiger partial charge in [0.1, 0.15) is 12.5 Å². The molecule has 2 amide bonds. The van der Waals surface area contributed by atoms with E-state index in [1.807, 2.05) is 48.5 Å². The molecular weight excluding hydrogens is 464 g/mol. The zero-order valence-electron chi connectivity index (χ0n) is 18.0. The SMILES string of the molecule is O=C(Nc1cc(C(=O)NCC2C(C(=O)O)C2(F)F)no1)OCC1c2ccccc2-c2ccccc21. The standard InChI is InChI=1S/C24H19F2N3O6/c25-24(26)17(20(24)22(31)32)10-27-21(30)18-9-19(35-29-18)28-23(33)34-11-16-14-7-3-1-5-12(14)13-6-2-4-8-15(13)16/h1-9,16-17,20H,10-11H2,(H,27,30)(H,28,33)(H,31,32). The lowest BCUT2D eigenvalue weighted by atomic mass is 9.98. The first-order valence-corrected chi connectivity index (χ1v) is 10.7. The number of hydrogen-bond donors (Lipinski definition) is 3. The number of ether oxygens (including phenoxy) is 1. The maximum Gasteiger partial charge on any atom is 0.414 e. The molecule has 2 unspecified atom stereocenters. The first-order chi connectivity index (χ1) is 16.8. The van der Waals surface area contributed by atoms with Crippen molar-refractivity contribution >= 4 is 23.9 Å². The van der Waals surface area contributed by atoms with Gasteiger partial charge in [0.25, 0.3) is 11.8 Å². The Kier molecular flexibility index (Phi) is 5.46. The van der Waals surface area contributed by atoms with E-state index < -0.39 is 42.3 Å². The number of carbonyl (C=O) groups is 3. The van der Waals surface area contributed by atoms with Gasteiger partial charge < -0.3 is 19.7 Å². The van der Waals surface area contributed by atoms with Crippen LogP contribution in [0, 0.1) is 11.8 Å². The number of halogens is 2. The number of fused-ring (bicyclic) bond motifs is 3. The van der Waals surface area contributed by atoms with E-state index in [4.69, 9.17) is 14.4 Å². The fraction of sp³-hybridized carbons (Fsp3) is 0.250. The zero-order chi connectivity index (χ0) is 24.7. The van der Waals surface area contributed by atoms with Gasteiger partial charge in [-0.3, -0.25) is 14.9 Å². The van der Waals surface area contributed by atoms with Gasteiger partial charge in [0.2, 0.25) is 5.88 Å². The lowest BCUT2D eigenvalue weighted by Crippen LogP contribution is -2.27. The molecule has 180 valence electrons. The molecule has 3 N–H and O–H groups in total. The van der Waals surface area contributed by atoms with Crippen molar-refractivity contribution < 1.29 is 37.5 Å². The van der Waals surface area contributed by atoms with E-state index in [1.165, 1.54) is 0 Å². The summed E-state index contributed by atoms with van der Waals surface area (Å²) in [5, 5.41) is 16.8. The number of aromatic nitrogens is 1. The predicted octanol–water partition coefficient (Wildman–Crippen LogP) is 3.73. The van der Waals surface area contributed by atoms with E-state index in [0.717, 1.165) is 28.3 Å². The van der Waals surface area contributed by atoms with Gasteiger partial charge in [-0.2, -0.15) is 0 Å². The van der Waals surface area contributed by atoms with Crippen molar-refractivity contribution in [2.75, 3.05) is 18.5 Å². The van der Waals surface area contributed by atoms with Crippen molar-refractivity contribution in [3.63, 3.8) is 0 Å². The molecule has 2 atom stereocenters. The minimum absolute atomic E-state index is 0.0711. The van der Waals surface area contributed by atoms with Gasteiger partial charge in [0.15, 0.2) is 5.69 Å². The highest BCUT2D eigenvalue weighted by molar-refractivity contribution is 5.94. The Labute approximate surface area is 197 Å². The first-order valence-electron chi connectivity index (χ1n) is 10.7. The topological polar surface area (TPSA) is 131 Å². The van der Waals surface area contributed by atoms with Crippen molar-refractivity contribution in [3.8, 4) is 11.1 Å². The van der Waals surface area contributed by atoms with Gasteiger partial charge in [-0.05, 0) is 22.3 Å². The molecule has 1 fully saturated rings. The van der Waals surface area contributed by atoms with E-state index in [9.17, 15) is 23.2 Å². The Morgan fingerprint density at radius 3 is 2.29 bits per heavy atom. The number of carboxylic acid groups (broad SMARTS) is 1. The smallest absolute Gasteiger partial charge is 0.414 e. The number of aliphatic carboxylic acids is 1. The third-order valence-corrected chi connectivity index (χ3v) is 6.26. The number of benzene rings is 2. The second-order valence-electron chi connectivity index (χ2n) is 8.33. The number of nitrogens with one attached hydrogen (secondary N) is 2. The molecule has 5 rings (SSSR count). The summed E-state index contributed by atoms with van der Waals surface area (Å²) < 4.78 is 37.1. The molecule has 2 aliphatic rings. The maximum absolute atomic E-state index is 13.4. The second-order valence-corrected chi connectivity index (χ2v) is 8.33. The molecule has 0 bridgehead atoms. The summed E-state index contributed by atoms with van der Waals surface area (Å²) >= 11 is 0. The quantitative estimate of drug-likeness (QED) is 0.467. The van der Waals surface area contributed by atoms with Crippen molar-refractivity contribution in [1.29, 1.82) is 0 Å². The summed E-state index contributed by atoms with van der Waals surface area (Å²) in [5.41, 5.74) is 4.00. The molecule has 0 saturated heterocycles. The summed E-state index contributed by atoms with van der Waals surface area (Å²) in [6.45, 7) is -0.466. The second kappa shape index (κ2) is 8.49. The molecule has 9 nitrogen and oxygen atoms in total. The molecule has 2 aliphatic carbocycles. The fourth-order valence-corrected chi connectivity index (χ4v) is 4.45. The number of hydrogen-bond acceptors (Lipinski definition) is 6. The Hall–Kier alpha value is -4.28. The third kappa shape index (κ3) is 4.09. The van der Waals surface area contributed by atoms with E-state index in [2.05, 4.69) is 15.8 Å². The Bertz CT molecular complexity index is 1280. The van der Waals surface area contributed by atoms with E-state index in [0.29, 0.717) is 0 Å². The lowest BCUT2D eigenvalue weighted by Gasteiger charge is -2.13. The molecule has 1 aromatic heterocycles. The number of nitrogens with zero attached hydrogens (tertiary/aromatic N) is 1. The largest absolute Gasteiger partial charge is 0.481 e. The highest BCUT2D eigenvalue weighted by atomic mass is 19.3. The number of rotatable bonds is 7. The van der Waals surface area contributed by atoms with Crippen molar-refractivity contribution in [2.24, 2.45) is 11.8 Å². The summed E-state index contributed by atoms with van der Waals surface area (Å²) in [7, 11) is 0. The van der Waals surface area contributed by atoms with Crippen LogP contribution in [0.4, 0.5) is 19.5 Å². The molecular formula is C24H19F2N3O6. The van der Waals surface area contributed by atoms with Crippen LogP contribution in [0.25, 0.3) is 11.1 Å². The Morgan fingerprint density at radius 2 is 1.69 bits per heavy atom. The number of carbonyl (C=O) groups excluding carboxylic acids is 2. The first kappa shape index (κ1) is 22.5. The Morgan fingerprint density at radius 1 is 1.06 bits per heavy atom. The summed E-state index contributed by atoms with van der Waals surface area (Å²) in [6, 6.07) is 16.8. The Balaban J connectivity index is 1.15. The minimum atomic E-state index is -3.38. The van der Waals surface area contributed by atoms with Crippen LogP contribution in [0.15, 0.2) is 59.1 Å². The lowest BCUT2D eigenvalue weighted by molar-refractivity contribution is -0.140. The fourth-order valence-electron chi connectivity index (χ4n) is 4.45. The number of anilines is 1. The monoisotopic (exact) mass is 483 g/mol. The van der Waals surface area contributed by atoms with Crippen molar-refractivity contribution in [2.45, 2.75) is 11.8 Å². The van der Waals surface area contributed by atoms with Crippen molar-refractivity contribution in [1.82, 2.24) is 10.5 Å². The predicted molar refractivity (Wildman–Crippen MR) is 117 cm³/mol. The van der Waals surface area contributed by atoms with Gasteiger partial charge in [-0.15, -0.1) is 0 Å². The summed E-state index contributed by atoms with van der Waals surface area (Å²) in [6.07, 6.45) is -0.822. The van der Waals surface area contributed by atoms with Gasteiger partial charge in [-0.1, -0.05) is 53.7 Å². The van der Waals surface area contributed by atoms with Crippen LogP contribution in [-0.2, 0) is 9.53 Å². The molecule has 11 heteroatoms. The number of carboxylic acids is 1. The van der Waals surface area contributed by atoms with Crippen LogP contribution in [0.1, 0.15) is 27.5 Å². The molecule has 0 aliphatic heterocycles. The average molecular weight is 483 g/mol. The number of amides is 2. The third-order valence-electron chi connectivity index (χ3n) is 6.26. The van der Waals surface area contributed by atoms with Crippen LogP contribution >= 0.6 is 0 Å². The van der Waals surface area contributed by atoms with Crippen LogP contribution < -0.4 is 10.6 Å². The summed E-state index contributed by atoms with van der Waals surface area (Å²) in [5.74, 6) is -9.47. The van der Waals surface area contributed by atoms with Gasteiger partial charge in [0.05, 0.1) is 5.92 Å². The highest BCUT2D eigenvalue weighted by Crippen LogP contribution is 2.54. The maximum atomic E-state index is 13.4. The molecule has 0 radical (unpaired) electrons. The van der Waals surface area contributed by atoms with Gasteiger partial charge in [-0.25, -0.2) is 13.6 Å². The zero-order valence-corrected chi connectivity index (χ0v) is 18.0. The highest BCUT2D eigenvalue weighted by Gasteiger charge is 2.72. The average Bonchev–Trinajstić information content (AvgIpc) is 3.13. The molecule has 1 saturated carbocycles. The molecule has 3 aromatic rings. The minimum Gasteiger partial charge on any atom is -0.481 e. The normalized spacial score (nSPS) is 19.4. The number of alkyl halides is 2. The van der Waals surface area contributed by atoms with E-state index in [-0.39, 0.29) is 24.1 Å².